The first-order valence-corrected chi connectivity index (χ1v) is 5.43. The number of hydrogen-bond donors (Lipinski definition) is 1. The van der Waals surface area contributed by atoms with Crippen LogP contribution in [0.1, 0.15) is 25.1 Å². The molecule has 1 N–H and O–H groups in total. The first kappa shape index (κ1) is 12.7. The van der Waals surface area contributed by atoms with Gasteiger partial charge in [-0.25, -0.2) is 0 Å². The van der Waals surface area contributed by atoms with E-state index in [-0.39, 0.29) is 11.9 Å². The Morgan fingerprint density at radius 3 is 2.81 bits per heavy atom. The molecule has 0 aliphatic heterocycles. The van der Waals surface area contributed by atoms with E-state index in [1.54, 1.807) is 25.2 Å². The van der Waals surface area contributed by atoms with Gasteiger partial charge in [0.1, 0.15) is 0 Å². The van der Waals surface area contributed by atoms with Crippen molar-refractivity contribution in [1.82, 2.24) is 20.0 Å². The maximum atomic E-state index is 11.3. The smallest absolute Gasteiger partial charge is 0.223 e. The van der Waals surface area contributed by atoms with Gasteiger partial charge in [-0.15, -0.1) is 0 Å². The van der Waals surface area contributed by atoms with Gasteiger partial charge in [-0.2, -0.15) is 5.10 Å². The summed E-state index contributed by atoms with van der Waals surface area (Å²) < 4.78 is 1.84. The number of rotatable bonds is 5. The molecule has 0 radical (unpaired) electrons. The summed E-state index contributed by atoms with van der Waals surface area (Å²) in [5, 5.41) is 7.41. The predicted molar refractivity (Wildman–Crippen MR) is 62.9 cm³/mol. The molecule has 1 unspecified atom stereocenters. The zero-order valence-corrected chi connectivity index (χ0v) is 10.4. The van der Waals surface area contributed by atoms with E-state index in [4.69, 9.17) is 0 Å². The number of aryl methyl sites for hydroxylation is 1. The monoisotopic (exact) mass is 224 g/mol. The van der Waals surface area contributed by atoms with Crippen molar-refractivity contribution < 1.29 is 4.79 Å². The molecule has 1 aromatic rings. The van der Waals surface area contributed by atoms with E-state index >= 15 is 0 Å². The maximum Gasteiger partial charge on any atom is 0.223 e. The third-order valence-corrected chi connectivity index (χ3v) is 2.59. The average molecular weight is 224 g/mol. The lowest BCUT2D eigenvalue weighted by Gasteiger charge is -2.15. The van der Waals surface area contributed by atoms with Crippen LogP contribution in [-0.2, 0) is 11.8 Å². The topological polar surface area (TPSA) is 50.2 Å². The van der Waals surface area contributed by atoms with Gasteiger partial charge in [0, 0.05) is 46.3 Å². The molecule has 5 nitrogen and oxygen atoms in total. The molecular weight excluding hydrogens is 204 g/mol. The highest BCUT2D eigenvalue weighted by molar-refractivity contribution is 5.75. The van der Waals surface area contributed by atoms with Crippen molar-refractivity contribution in [2.24, 2.45) is 7.05 Å². The Morgan fingerprint density at radius 1 is 1.62 bits per heavy atom. The number of nitrogens with one attached hydrogen (secondary N) is 1. The summed E-state index contributed by atoms with van der Waals surface area (Å²) in [4.78, 5) is 13.0. The standard InChI is InChI=1S/C11H20N4O/c1-9(10-5-8-13-15(10)4)12-7-6-11(16)14(2)3/h5,8-9,12H,6-7H2,1-4H3. The second kappa shape index (κ2) is 5.65. The molecule has 1 aromatic heterocycles. The molecule has 1 heterocycles. The first-order valence-electron chi connectivity index (χ1n) is 5.43. The van der Waals surface area contributed by atoms with Crippen LogP contribution < -0.4 is 5.32 Å². The molecule has 5 heteroatoms. The fourth-order valence-corrected chi connectivity index (χ4v) is 1.53. The maximum absolute atomic E-state index is 11.3. The van der Waals surface area contributed by atoms with Crippen LogP contribution in [0.4, 0.5) is 0 Å². The van der Waals surface area contributed by atoms with Crippen molar-refractivity contribution in [3.63, 3.8) is 0 Å². The van der Waals surface area contributed by atoms with E-state index in [1.165, 1.54) is 0 Å². The number of aromatic nitrogens is 2. The first-order chi connectivity index (χ1) is 7.52. The highest BCUT2D eigenvalue weighted by Gasteiger charge is 2.09. The van der Waals surface area contributed by atoms with Crippen LogP contribution >= 0.6 is 0 Å². The molecule has 1 rings (SSSR count). The van der Waals surface area contributed by atoms with Crippen LogP contribution in [0, 0.1) is 0 Å². The molecule has 16 heavy (non-hydrogen) atoms. The minimum absolute atomic E-state index is 0.143. The molecule has 90 valence electrons. The van der Waals surface area contributed by atoms with E-state index in [0.717, 1.165) is 5.69 Å². The van der Waals surface area contributed by atoms with E-state index in [9.17, 15) is 4.79 Å². The largest absolute Gasteiger partial charge is 0.349 e. The summed E-state index contributed by atoms with van der Waals surface area (Å²) in [5.74, 6) is 0.143. The lowest BCUT2D eigenvalue weighted by atomic mass is 10.2. The van der Waals surface area contributed by atoms with E-state index in [2.05, 4.69) is 17.3 Å². The van der Waals surface area contributed by atoms with Crippen LogP contribution in [0.15, 0.2) is 12.3 Å². The van der Waals surface area contributed by atoms with Gasteiger partial charge in [0.15, 0.2) is 0 Å². The van der Waals surface area contributed by atoms with E-state index < -0.39 is 0 Å². The van der Waals surface area contributed by atoms with Crippen molar-refractivity contribution in [1.29, 1.82) is 0 Å². The Labute approximate surface area is 96.4 Å². The van der Waals surface area contributed by atoms with Gasteiger partial charge in [0.2, 0.25) is 5.91 Å². The molecule has 1 amide bonds. The molecule has 0 fully saturated rings. The molecule has 0 aromatic carbocycles. The van der Waals surface area contributed by atoms with Crippen molar-refractivity contribution in [2.75, 3.05) is 20.6 Å². The van der Waals surface area contributed by atoms with Gasteiger partial charge in [0.25, 0.3) is 0 Å². The molecule has 0 saturated carbocycles. The van der Waals surface area contributed by atoms with Gasteiger partial charge >= 0.3 is 0 Å². The summed E-state index contributed by atoms with van der Waals surface area (Å²) in [6.45, 7) is 2.75. The van der Waals surface area contributed by atoms with Crippen LogP contribution in [0.2, 0.25) is 0 Å². The summed E-state index contributed by atoms with van der Waals surface area (Å²) >= 11 is 0. The lowest BCUT2D eigenvalue weighted by Crippen LogP contribution is -2.28. The molecule has 0 aliphatic rings. The van der Waals surface area contributed by atoms with Gasteiger partial charge in [-0.05, 0) is 13.0 Å². The van der Waals surface area contributed by atoms with Crippen LogP contribution in [0.5, 0.6) is 0 Å². The third kappa shape index (κ3) is 3.34. The Balaban J connectivity index is 2.34. The molecule has 1 atom stereocenters. The normalized spacial score (nSPS) is 12.5. The molecule has 0 saturated heterocycles. The van der Waals surface area contributed by atoms with E-state index in [0.29, 0.717) is 13.0 Å². The number of carbonyl (C=O) groups excluding carboxylic acids is 1. The summed E-state index contributed by atoms with van der Waals surface area (Å²) in [6.07, 6.45) is 2.30. The minimum Gasteiger partial charge on any atom is -0.349 e. The second-order valence-electron chi connectivity index (χ2n) is 4.09. The van der Waals surface area contributed by atoms with Crippen LogP contribution in [0.3, 0.4) is 0 Å². The highest BCUT2D eigenvalue weighted by atomic mass is 16.2. The fraction of sp³-hybridized carbons (Fsp3) is 0.636. The van der Waals surface area contributed by atoms with Crippen molar-refractivity contribution in [3.8, 4) is 0 Å². The van der Waals surface area contributed by atoms with Crippen LogP contribution in [0.25, 0.3) is 0 Å². The van der Waals surface area contributed by atoms with Crippen molar-refractivity contribution >= 4 is 5.91 Å². The van der Waals surface area contributed by atoms with Crippen LogP contribution in [-0.4, -0.2) is 41.2 Å². The van der Waals surface area contributed by atoms with Gasteiger partial charge in [-0.3, -0.25) is 9.48 Å². The third-order valence-electron chi connectivity index (χ3n) is 2.59. The Kier molecular flexibility index (Phi) is 4.49. The molecule has 0 bridgehead atoms. The van der Waals surface area contributed by atoms with Gasteiger partial charge in [-0.1, -0.05) is 0 Å². The molecular formula is C11H20N4O. The molecule has 0 aliphatic carbocycles. The zero-order valence-electron chi connectivity index (χ0n) is 10.4. The Morgan fingerprint density at radius 2 is 2.31 bits per heavy atom. The quantitative estimate of drug-likeness (QED) is 0.794. The Hall–Kier alpha value is -1.36. The van der Waals surface area contributed by atoms with Gasteiger partial charge in [0.05, 0.1) is 5.69 Å². The fourth-order valence-electron chi connectivity index (χ4n) is 1.53. The Bertz CT molecular complexity index is 346. The second-order valence-corrected chi connectivity index (χ2v) is 4.09. The predicted octanol–water partition coefficient (Wildman–Crippen LogP) is 0.549. The number of nitrogens with zero attached hydrogens (tertiary/aromatic N) is 3. The number of carbonyl (C=O) groups is 1. The lowest BCUT2D eigenvalue weighted by molar-refractivity contribution is -0.128. The summed E-state index contributed by atoms with van der Waals surface area (Å²) in [7, 11) is 5.46. The average Bonchev–Trinajstić information content (AvgIpc) is 2.64. The minimum atomic E-state index is 0.143. The number of hydrogen-bond acceptors (Lipinski definition) is 3. The summed E-state index contributed by atoms with van der Waals surface area (Å²) in [6, 6.07) is 2.19. The molecule has 0 spiro atoms. The SMILES string of the molecule is CC(NCCC(=O)N(C)C)c1ccnn1C. The number of amides is 1. The van der Waals surface area contributed by atoms with Crippen molar-refractivity contribution in [3.05, 3.63) is 18.0 Å². The summed E-state index contributed by atoms with van der Waals surface area (Å²) in [5.41, 5.74) is 1.12. The highest BCUT2D eigenvalue weighted by Crippen LogP contribution is 2.09. The zero-order chi connectivity index (χ0) is 12.1. The van der Waals surface area contributed by atoms with Crippen molar-refractivity contribution in [2.45, 2.75) is 19.4 Å². The van der Waals surface area contributed by atoms with Gasteiger partial charge < -0.3 is 10.2 Å². The van der Waals surface area contributed by atoms with E-state index in [1.807, 2.05) is 17.8 Å².